The summed E-state index contributed by atoms with van der Waals surface area (Å²) in [5, 5.41) is 3.43. The van der Waals surface area contributed by atoms with Crippen LogP contribution in [0.25, 0.3) is 0 Å². The molecule has 0 spiro atoms. The van der Waals surface area contributed by atoms with E-state index in [1.54, 1.807) is 0 Å². The molecular weight excluding hydrogens is 238 g/mol. The Morgan fingerprint density at radius 1 is 1.21 bits per heavy atom. The molecule has 4 nitrogen and oxygen atoms in total. The number of likely N-dealkylation sites (tertiary alicyclic amines) is 1. The van der Waals surface area contributed by atoms with Gasteiger partial charge in [-0.05, 0) is 45.7 Å². The van der Waals surface area contributed by atoms with Crippen molar-refractivity contribution < 1.29 is 4.79 Å². The van der Waals surface area contributed by atoms with E-state index < -0.39 is 0 Å². The van der Waals surface area contributed by atoms with Crippen molar-refractivity contribution in [3.63, 3.8) is 0 Å². The van der Waals surface area contributed by atoms with Crippen molar-refractivity contribution in [1.82, 2.24) is 15.1 Å². The zero-order chi connectivity index (χ0) is 14.0. The average Bonchev–Trinajstić information content (AvgIpc) is 2.67. The number of rotatable bonds is 4. The zero-order valence-electron chi connectivity index (χ0n) is 12.9. The van der Waals surface area contributed by atoms with Crippen LogP contribution in [0.3, 0.4) is 0 Å². The summed E-state index contributed by atoms with van der Waals surface area (Å²) in [6.45, 7) is 12.0. The highest BCUT2D eigenvalue weighted by Gasteiger charge is 2.40. The summed E-state index contributed by atoms with van der Waals surface area (Å²) in [6.07, 6.45) is 4.18. The van der Waals surface area contributed by atoms with Crippen molar-refractivity contribution >= 4 is 5.91 Å². The maximum absolute atomic E-state index is 12.3. The van der Waals surface area contributed by atoms with Gasteiger partial charge in [0, 0.05) is 12.6 Å². The molecule has 0 bridgehead atoms. The third kappa shape index (κ3) is 3.29. The summed E-state index contributed by atoms with van der Waals surface area (Å²) in [4.78, 5) is 17.0. The first-order chi connectivity index (χ1) is 9.00. The summed E-state index contributed by atoms with van der Waals surface area (Å²) < 4.78 is 0. The number of nitrogens with one attached hydrogen (secondary N) is 1. The molecule has 0 saturated carbocycles. The fourth-order valence-corrected chi connectivity index (χ4v) is 3.38. The SMILES string of the molecule is CC1NC(C(C)C)N(C(C)CN2CCCCC2)C1=O. The molecule has 2 saturated heterocycles. The van der Waals surface area contributed by atoms with Crippen molar-refractivity contribution in [1.29, 1.82) is 0 Å². The first kappa shape index (κ1) is 14.8. The first-order valence-corrected chi connectivity index (χ1v) is 7.81. The van der Waals surface area contributed by atoms with Crippen molar-refractivity contribution in [2.75, 3.05) is 19.6 Å². The minimum Gasteiger partial charge on any atom is -0.322 e. The molecular formula is C15H29N3O. The van der Waals surface area contributed by atoms with Gasteiger partial charge in [0.2, 0.25) is 5.91 Å². The Balaban J connectivity index is 1.98. The van der Waals surface area contributed by atoms with Gasteiger partial charge in [0.15, 0.2) is 0 Å². The van der Waals surface area contributed by atoms with Crippen LogP contribution < -0.4 is 5.32 Å². The zero-order valence-corrected chi connectivity index (χ0v) is 12.9. The van der Waals surface area contributed by atoms with Gasteiger partial charge < -0.3 is 9.80 Å². The van der Waals surface area contributed by atoms with Gasteiger partial charge in [-0.2, -0.15) is 0 Å². The van der Waals surface area contributed by atoms with E-state index in [9.17, 15) is 4.79 Å². The number of amides is 1. The van der Waals surface area contributed by atoms with Crippen LogP contribution in [0, 0.1) is 5.92 Å². The predicted molar refractivity (Wildman–Crippen MR) is 77.8 cm³/mol. The Hall–Kier alpha value is -0.610. The third-order valence-corrected chi connectivity index (χ3v) is 4.42. The Labute approximate surface area is 117 Å². The van der Waals surface area contributed by atoms with Gasteiger partial charge >= 0.3 is 0 Å². The second-order valence-corrected chi connectivity index (χ2v) is 6.53. The fourth-order valence-electron chi connectivity index (χ4n) is 3.38. The maximum Gasteiger partial charge on any atom is 0.241 e. The molecule has 19 heavy (non-hydrogen) atoms. The van der Waals surface area contributed by atoms with Crippen molar-refractivity contribution in [3.05, 3.63) is 0 Å². The van der Waals surface area contributed by atoms with Crippen LogP contribution in [0.2, 0.25) is 0 Å². The molecule has 0 aromatic rings. The molecule has 0 radical (unpaired) electrons. The number of hydrogen-bond acceptors (Lipinski definition) is 3. The Kier molecular flexibility index (Phi) is 4.85. The molecule has 4 heteroatoms. The number of hydrogen-bond donors (Lipinski definition) is 1. The molecule has 3 unspecified atom stereocenters. The van der Waals surface area contributed by atoms with E-state index in [0.717, 1.165) is 6.54 Å². The lowest BCUT2D eigenvalue weighted by Gasteiger charge is -2.37. The molecule has 2 rings (SSSR count). The minimum atomic E-state index is -0.0313. The highest BCUT2D eigenvalue weighted by atomic mass is 16.2. The van der Waals surface area contributed by atoms with E-state index in [1.165, 1.54) is 32.4 Å². The molecule has 3 atom stereocenters. The van der Waals surface area contributed by atoms with E-state index in [2.05, 4.69) is 35.9 Å². The Morgan fingerprint density at radius 2 is 1.84 bits per heavy atom. The minimum absolute atomic E-state index is 0.0313. The fraction of sp³-hybridized carbons (Fsp3) is 0.933. The van der Waals surface area contributed by atoms with Crippen LogP contribution in [-0.2, 0) is 4.79 Å². The maximum atomic E-state index is 12.3. The normalized spacial score (nSPS) is 31.2. The van der Waals surface area contributed by atoms with Gasteiger partial charge in [-0.25, -0.2) is 0 Å². The molecule has 1 N–H and O–H groups in total. The van der Waals surface area contributed by atoms with Crippen molar-refractivity contribution in [2.24, 2.45) is 5.92 Å². The lowest BCUT2D eigenvalue weighted by Crippen LogP contribution is -2.51. The van der Waals surface area contributed by atoms with Gasteiger partial charge in [0.1, 0.15) is 0 Å². The molecule has 0 aliphatic carbocycles. The van der Waals surface area contributed by atoms with Gasteiger partial charge in [-0.15, -0.1) is 0 Å². The Morgan fingerprint density at radius 3 is 2.42 bits per heavy atom. The monoisotopic (exact) mass is 267 g/mol. The van der Waals surface area contributed by atoms with Gasteiger partial charge in [0.25, 0.3) is 0 Å². The number of carbonyl (C=O) groups excluding carboxylic acids is 1. The van der Waals surface area contributed by atoms with Crippen molar-refractivity contribution in [3.8, 4) is 0 Å². The summed E-state index contributed by atoms with van der Waals surface area (Å²) in [5.74, 6) is 0.723. The highest BCUT2D eigenvalue weighted by molar-refractivity contribution is 5.84. The quantitative estimate of drug-likeness (QED) is 0.841. The standard InChI is InChI=1S/C15H29N3O/c1-11(2)14-16-13(4)15(19)18(14)12(3)10-17-8-6-5-7-9-17/h11-14,16H,5-10H2,1-4H3. The summed E-state index contributed by atoms with van der Waals surface area (Å²) in [6, 6.07) is 0.270. The molecule has 2 fully saturated rings. The lowest BCUT2D eigenvalue weighted by atomic mass is 10.1. The summed E-state index contributed by atoms with van der Waals surface area (Å²) in [7, 11) is 0. The molecule has 110 valence electrons. The van der Waals surface area contributed by atoms with E-state index >= 15 is 0 Å². The molecule has 2 aliphatic heterocycles. The van der Waals surface area contributed by atoms with Gasteiger partial charge in [-0.3, -0.25) is 10.1 Å². The van der Waals surface area contributed by atoms with Crippen LogP contribution in [0.4, 0.5) is 0 Å². The highest BCUT2D eigenvalue weighted by Crippen LogP contribution is 2.21. The molecule has 2 aliphatic rings. The van der Waals surface area contributed by atoms with Crippen LogP contribution in [0.5, 0.6) is 0 Å². The first-order valence-electron chi connectivity index (χ1n) is 7.81. The van der Waals surface area contributed by atoms with Gasteiger partial charge in [-0.1, -0.05) is 20.3 Å². The second kappa shape index (κ2) is 6.23. The second-order valence-electron chi connectivity index (χ2n) is 6.53. The molecule has 0 aromatic carbocycles. The number of piperidine rings is 1. The van der Waals surface area contributed by atoms with Crippen LogP contribution in [-0.4, -0.2) is 53.6 Å². The average molecular weight is 267 g/mol. The molecule has 0 aromatic heterocycles. The topological polar surface area (TPSA) is 35.6 Å². The van der Waals surface area contributed by atoms with E-state index in [-0.39, 0.29) is 18.1 Å². The van der Waals surface area contributed by atoms with Crippen LogP contribution in [0.15, 0.2) is 0 Å². The van der Waals surface area contributed by atoms with Crippen LogP contribution in [0.1, 0.15) is 47.0 Å². The third-order valence-electron chi connectivity index (χ3n) is 4.42. The number of carbonyl (C=O) groups is 1. The number of nitrogens with zero attached hydrogens (tertiary/aromatic N) is 2. The van der Waals surface area contributed by atoms with Crippen molar-refractivity contribution in [2.45, 2.75) is 65.2 Å². The van der Waals surface area contributed by atoms with Gasteiger partial charge in [0.05, 0.1) is 12.2 Å². The van der Waals surface area contributed by atoms with E-state index in [0.29, 0.717) is 12.0 Å². The summed E-state index contributed by atoms with van der Waals surface area (Å²) >= 11 is 0. The summed E-state index contributed by atoms with van der Waals surface area (Å²) in [5.41, 5.74) is 0. The predicted octanol–water partition coefficient (Wildman–Crippen LogP) is 1.66. The molecule has 2 heterocycles. The Bertz CT molecular complexity index is 313. The largest absolute Gasteiger partial charge is 0.322 e. The van der Waals surface area contributed by atoms with E-state index in [4.69, 9.17) is 0 Å². The lowest BCUT2D eigenvalue weighted by molar-refractivity contribution is -0.132. The van der Waals surface area contributed by atoms with E-state index in [1.807, 2.05) is 6.92 Å². The smallest absolute Gasteiger partial charge is 0.241 e. The molecule has 1 amide bonds. The van der Waals surface area contributed by atoms with Crippen LogP contribution >= 0.6 is 0 Å².